The van der Waals surface area contributed by atoms with Crippen LogP contribution >= 0.6 is 0 Å². The number of benzene rings is 2. The number of para-hydroxylation sites is 1. The molecule has 2 aromatic carbocycles. The Morgan fingerprint density at radius 3 is 2.66 bits per heavy atom. The summed E-state index contributed by atoms with van der Waals surface area (Å²) in [4.78, 5) is 40.8. The molecule has 2 N–H and O–H groups in total. The number of anilines is 1. The van der Waals surface area contributed by atoms with Crippen LogP contribution in [-0.2, 0) is 16.0 Å². The summed E-state index contributed by atoms with van der Waals surface area (Å²) in [5, 5.41) is 15.5. The summed E-state index contributed by atoms with van der Waals surface area (Å²) in [6, 6.07) is 12.8. The van der Waals surface area contributed by atoms with Crippen LogP contribution in [0.15, 0.2) is 58.4 Å². The third-order valence-corrected chi connectivity index (χ3v) is 3.96. The molecule has 148 valence electrons. The van der Waals surface area contributed by atoms with Gasteiger partial charge in [0.05, 0.1) is 17.0 Å². The van der Waals surface area contributed by atoms with E-state index in [4.69, 9.17) is 4.74 Å². The second-order valence-electron chi connectivity index (χ2n) is 5.93. The van der Waals surface area contributed by atoms with Crippen molar-refractivity contribution >= 4 is 34.1 Å². The molecule has 0 atom stereocenters. The Balaban J connectivity index is 1.91. The number of hydrogen-bond acceptors (Lipinski definition) is 8. The molecule has 10 nitrogen and oxygen atoms in total. The molecule has 3 rings (SSSR count). The summed E-state index contributed by atoms with van der Waals surface area (Å²) in [5.41, 5.74) is 3.28. The highest BCUT2D eigenvalue weighted by atomic mass is 16.6. The summed E-state index contributed by atoms with van der Waals surface area (Å²) in [6.07, 6.45) is 0.0744. The first-order chi connectivity index (χ1) is 14.0. The van der Waals surface area contributed by atoms with Gasteiger partial charge < -0.3 is 9.72 Å². The molecule has 0 amide bonds. The van der Waals surface area contributed by atoms with Gasteiger partial charge in [0, 0.05) is 23.9 Å². The van der Waals surface area contributed by atoms with Crippen molar-refractivity contribution in [2.45, 2.75) is 13.3 Å². The Bertz CT molecular complexity index is 1140. The summed E-state index contributed by atoms with van der Waals surface area (Å²) in [7, 11) is 0. The number of nitrogens with zero attached hydrogens (tertiary/aromatic N) is 3. The summed E-state index contributed by atoms with van der Waals surface area (Å²) < 4.78 is 5.03. The molecule has 0 aliphatic rings. The SMILES string of the molecule is CCOC(=O)C(Cc1ccc([N+](=O)[O-])cc1)=NNc1nc(=O)[nH]c2ccccc12. The summed E-state index contributed by atoms with van der Waals surface area (Å²) in [5.74, 6) is -0.456. The van der Waals surface area contributed by atoms with Crippen LogP contribution in [0.1, 0.15) is 12.5 Å². The van der Waals surface area contributed by atoms with Crippen LogP contribution in [0.4, 0.5) is 11.5 Å². The Morgan fingerprint density at radius 2 is 1.97 bits per heavy atom. The van der Waals surface area contributed by atoms with E-state index in [1.165, 1.54) is 24.3 Å². The number of nitro benzene ring substituents is 1. The molecule has 0 bridgehead atoms. The van der Waals surface area contributed by atoms with Crippen LogP contribution in [-0.4, -0.2) is 33.2 Å². The summed E-state index contributed by atoms with van der Waals surface area (Å²) in [6.45, 7) is 1.82. The van der Waals surface area contributed by atoms with Crippen LogP contribution in [0.5, 0.6) is 0 Å². The van der Waals surface area contributed by atoms with Gasteiger partial charge in [-0.1, -0.05) is 24.3 Å². The number of carbonyl (C=O) groups is 1. The molecule has 1 aromatic heterocycles. The predicted molar refractivity (Wildman–Crippen MR) is 107 cm³/mol. The zero-order valence-electron chi connectivity index (χ0n) is 15.4. The molecule has 0 saturated heterocycles. The van der Waals surface area contributed by atoms with Crippen molar-refractivity contribution in [3.05, 3.63) is 74.7 Å². The van der Waals surface area contributed by atoms with Crippen molar-refractivity contribution in [1.82, 2.24) is 9.97 Å². The number of esters is 1. The largest absolute Gasteiger partial charge is 0.461 e. The smallest absolute Gasteiger partial charge is 0.354 e. The maximum atomic E-state index is 12.3. The van der Waals surface area contributed by atoms with E-state index >= 15 is 0 Å². The zero-order valence-corrected chi connectivity index (χ0v) is 15.4. The highest BCUT2D eigenvalue weighted by molar-refractivity contribution is 6.37. The zero-order chi connectivity index (χ0) is 20.8. The standard InChI is InChI=1S/C19H17N5O5/c1-2-29-18(25)16(11-12-7-9-13(10-8-12)24(27)28)22-23-17-14-5-3-4-6-15(14)20-19(26)21-17/h3-10H,2,11H2,1H3,(H2,20,21,23,26). The summed E-state index contributed by atoms with van der Waals surface area (Å²) >= 11 is 0. The van der Waals surface area contributed by atoms with E-state index in [9.17, 15) is 19.7 Å². The minimum absolute atomic E-state index is 0.0341. The Kier molecular flexibility index (Phi) is 5.93. The molecule has 29 heavy (non-hydrogen) atoms. The van der Waals surface area contributed by atoms with Crippen LogP contribution in [0, 0.1) is 10.1 Å². The van der Waals surface area contributed by atoms with Gasteiger partial charge in [-0.15, -0.1) is 0 Å². The van der Waals surface area contributed by atoms with Gasteiger partial charge >= 0.3 is 11.7 Å². The molecule has 0 radical (unpaired) electrons. The molecule has 0 saturated carbocycles. The average molecular weight is 395 g/mol. The number of aromatic amines is 1. The number of aromatic nitrogens is 2. The van der Waals surface area contributed by atoms with Gasteiger partial charge in [0.15, 0.2) is 5.82 Å². The number of non-ortho nitro benzene ring substituents is 1. The highest BCUT2D eigenvalue weighted by Gasteiger charge is 2.15. The fourth-order valence-corrected chi connectivity index (χ4v) is 2.61. The van der Waals surface area contributed by atoms with Crippen molar-refractivity contribution in [3.8, 4) is 0 Å². The number of H-pyrrole nitrogens is 1. The third-order valence-electron chi connectivity index (χ3n) is 3.96. The number of nitro groups is 1. The van der Waals surface area contributed by atoms with E-state index in [-0.39, 0.29) is 30.2 Å². The molecule has 1 heterocycles. The maximum absolute atomic E-state index is 12.3. The predicted octanol–water partition coefficient (Wildman–Crippen LogP) is 2.41. The third kappa shape index (κ3) is 4.80. The first kappa shape index (κ1) is 19.7. The van der Waals surface area contributed by atoms with E-state index in [0.717, 1.165) is 0 Å². The number of nitrogens with one attached hydrogen (secondary N) is 2. The number of hydrogen-bond donors (Lipinski definition) is 2. The molecular weight excluding hydrogens is 378 g/mol. The van der Waals surface area contributed by atoms with E-state index in [1.54, 1.807) is 31.2 Å². The fourth-order valence-electron chi connectivity index (χ4n) is 2.61. The van der Waals surface area contributed by atoms with Crippen LogP contribution in [0.2, 0.25) is 0 Å². The Hall–Kier alpha value is -4.08. The number of hydrazone groups is 1. The molecule has 0 fully saturated rings. The highest BCUT2D eigenvalue weighted by Crippen LogP contribution is 2.17. The first-order valence-electron chi connectivity index (χ1n) is 8.70. The van der Waals surface area contributed by atoms with Gasteiger partial charge in [0.2, 0.25) is 0 Å². The second kappa shape index (κ2) is 8.74. The van der Waals surface area contributed by atoms with Gasteiger partial charge in [0.1, 0.15) is 5.71 Å². The van der Waals surface area contributed by atoms with E-state index in [0.29, 0.717) is 16.5 Å². The molecule has 0 unspecified atom stereocenters. The van der Waals surface area contributed by atoms with Crippen LogP contribution in [0.3, 0.4) is 0 Å². The second-order valence-corrected chi connectivity index (χ2v) is 5.93. The minimum Gasteiger partial charge on any atom is -0.461 e. The van der Waals surface area contributed by atoms with Crippen molar-refractivity contribution in [3.63, 3.8) is 0 Å². The lowest BCUT2D eigenvalue weighted by Crippen LogP contribution is -2.22. The molecule has 0 aliphatic heterocycles. The molecule has 10 heteroatoms. The molecule has 0 spiro atoms. The van der Waals surface area contributed by atoms with E-state index < -0.39 is 16.6 Å². The lowest BCUT2D eigenvalue weighted by molar-refractivity contribution is -0.384. The van der Waals surface area contributed by atoms with Gasteiger partial charge in [0.25, 0.3) is 5.69 Å². The van der Waals surface area contributed by atoms with Crippen molar-refractivity contribution in [2.75, 3.05) is 12.0 Å². The lowest BCUT2D eigenvalue weighted by atomic mass is 10.1. The quantitative estimate of drug-likeness (QED) is 0.271. The Labute approximate surface area is 164 Å². The van der Waals surface area contributed by atoms with Crippen molar-refractivity contribution in [2.24, 2.45) is 5.10 Å². The van der Waals surface area contributed by atoms with Crippen molar-refractivity contribution < 1.29 is 14.5 Å². The van der Waals surface area contributed by atoms with Crippen LogP contribution < -0.4 is 11.1 Å². The van der Waals surface area contributed by atoms with E-state index in [1.807, 2.05) is 0 Å². The lowest BCUT2D eigenvalue weighted by Gasteiger charge is -2.08. The number of ether oxygens (including phenoxy) is 1. The van der Waals surface area contributed by atoms with Gasteiger partial charge in [-0.3, -0.25) is 15.5 Å². The number of fused-ring (bicyclic) bond motifs is 1. The minimum atomic E-state index is -0.646. The average Bonchev–Trinajstić information content (AvgIpc) is 2.71. The van der Waals surface area contributed by atoms with E-state index in [2.05, 4.69) is 20.5 Å². The number of carbonyl (C=O) groups excluding carboxylic acids is 1. The normalized spacial score (nSPS) is 11.3. The molecular formula is C19H17N5O5. The van der Waals surface area contributed by atoms with Gasteiger partial charge in [-0.25, -0.2) is 9.59 Å². The van der Waals surface area contributed by atoms with Crippen molar-refractivity contribution in [1.29, 1.82) is 0 Å². The molecule has 0 aliphatic carbocycles. The monoisotopic (exact) mass is 395 g/mol. The topological polar surface area (TPSA) is 140 Å². The number of rotatable bonds is 7. The first-order valence-corrected chi connectivity index (χ1v) is 8.70. The van der Waals surface area contributed by atoms with Crippen LogP contribution in [0.25, 0.3) is 10.9 Å². The van der Waals surface area contributed by atoms with Gasteiger partial charge in [-0.2, -0.15) is 10.1 Å². The van der Waals surface area contributed by atoms with Gasteiger partial charge in [-0.05, 0) is 24.6 Å². The Morgan fingerprint density at radius 1 is 1.24 bits per heavy atom. The maximum Gasteiger partial charge on any atom is 0.354 e. The molecule has 3 aromatic rings. The fraction of sp³-hybridized carbons (Fsp3) is 0.158.